The van der Waals surface area contributed by atoms with Crippen molar-refractivity contribution in [2.45, 2.75) is 26.2 Å². The molecule has 2 aromatic rings. The van der Waals surface area contributed by atoms with Gasteiger partial charge in [0.15, 0.2) is 4.32 Å². The summed E-state index contributed by atoms with van der Waals surface area (Å²) in [5.74, 6) is -1.17. The maximum atomic E-state index is 13.3. The maximum absolute atomic E-state index is 13.3. The Morgan fingerprint density at radius 1 is 1.06 bits per heavy atom. The first-order valence-electron chi connectivity index (χ1n) is 10.2. The minimum Gasteiger partial charge on any atom is -0.308 e. The number of hydrogen-bond acceptors (Lipinski definition) is 5. The van der Waals surface area contributed by atoms with Crippen molar-refractivity contribution in [3.8, 4) is 0 Å². The summed E-state index contributed by atoms with van der Waals surface area (Å²) in [6, 6.07) is 14.2. The average molecular weight is 530 g/mol. The van der Waals surface area contributed by atoms with E-state index in [4.69, 9.17) is 12.2 Å². The first-order chi connectivity index (χ1) is 15.4. The molecule has 1 fully saturated rings. The van der Waals surface area contributed by atoms with Gasteiger partial charge in [-0.3, -0.25) is 19.8 Å². The van der Waals surface area contributed by atoms with E-state index in [1.54, 1.807) is 29.2 Å². The summed E-state index contributed by atoms with van der Waals surface area (Å²) in [4.78, 5) is 41.1. The van der Waals surface area contributed by atoms with Crippen LogP contribution < -0.4 is 10.3 Å². The van der Waals surface area contributed by atoms with Gasteiger partial charge in [-0.15, -0.1) is 0 Å². The average Bonchev–Trinajstić information content (AvgIpc) is 3.22. The van der Waals surface area contributed by atoms with Crippen molar-refractivity contribution in [3.05, 3.63) is 69.0 Å². The number of thioether (sulfide) groups is 1. The Labute approximate surface area is 204 Å². The molecule has 3 amide bonds. The highest BCUT2D eigenvalue weighted by Gasteiger charge is 2.42. The van der Waals surface area contributed by atoms with E-state index >= 15 is 0 Å². The normalized spacial score (nSPS) is 17.9. The van der Waals surface area contributed by atoms with E-state index < -0.39 is 11.8 Å². The minimum absolute atomic E-state index is 0.178. The molecule has 0 bridgehead atoms. The molecule has 0 radical (unpaired) electrons. The number of anilines is 1. The molecule has 32 heavy (non-hydrogen) atoms. The molecule has 4 rings (SSSR count). The molecule has 9 heteroatoms. The largest absolute Gasteiger partial charge is 0.308 e. The predicted molar refractivity (Wildman–Crippen MR) is 134 cm³/mol. The number of carbonyl (C=O) groups excluding carboxylic acids is 3. The highest BCUT2D eigenvalue weighted by atomic mass is 79.9. The minimum atomic E-state index is -0.501. The summed E-state index contributed by atoms with van der Waals surface area (Å²) < 4.78 is 1.02. The topological polar surface area (TPSA) is 69.7 Å². The predicted octanol–water partition coefficient (Wildman–Crippen LogP) is 4.90. The Bertz CT molecular complexity index is 1150. The monoisotopic (exact) mass is 529 g/mol. The van der Waals surface area contributed by atoms with Crippen molar-refractivity contribution in [1.82, 2.24) is 10.4 Å². The van der Waals surface area contributed by atoms with E-state index in [2.05, 4.69) is 28.3 Å². The number of nitrogens with one attached hydrogen (secondary N) is 1. The van der Waals surface area contributed by atoms with Crippen LogP contribution in [0.3, 0.4) is 0 Å². The van der Waals surface area contributed by atoms with Crippen molar-refractivity contribution >= 4 is 73.2 Å². The van der Waals surface area contributed by atoms with Crippen molar-refractivity contribution in [1.29, 1.82) is 0 Å². The third-order valence-electron chi connectivity index (χ3n) is 5.22. The van der Waals surface area contributed by atoms with Crippen LogP contribution in [-0.4, -0.2) is 33.6 Å². The van der Waals surface area contributed by atoms with Crippen molar-refractivity contribution in [3.63, 3.8) is 0 Å². The zero-order chi connectivity index (χ0) is 22.8. The molecule has 2 aromatic carbocycles. The molecule has 6 nitrogen and oxygen atoms in total. The fourth-order valence-corrected chi connectivity index (χ4v) is 5.14. The molecule has 0 aromatic heterocycles. The molecular weight excluding hydrogens is 510 g/mol. The number of fused-ring (bicyclic) bond motifs is 1. The summed E-state index contributed by atoms with van der Waals surface area (Å²) in [7, 11) is 0. The van der Waals surface area contributed by atoms with E-state index in [9.17, 15) is 14.4 Å². The highest BCUT2D eigenvalue weighted by molar-refractivity contribution is 9.10. The first kappa shape index (κ1) is 22.7. The van der Waals surface area contributed by atoms with Crippen LogP contribution in [0.2, 0.25) is 0 Å². The van der Waals surface area contributed by atoms with Gasteiger partial charge in [0.25, 0.3) is 17.7 Å². The number of halogens is 1. The number of carbonyl (C=O) groups is 3. The van der Waals surface area contributed by atoms with Crippen LogP contribution in [0.5, 0.6) is 0 Å². The van der Waals surface area contributed by atoms with Crippen LogP contribution >= 0.6 is 39.9 Å². The summed E-state index contributed by atoms with van der Waals surface area (Å²) in [6.45, 7) is 2.70. The Morgan fingerprint density at radius 2 is 1.78 bits per heavy atom. The van der Waals surface area contributed by atoms with Gasteiger partial charge in [-0.05, 0) is 49.0 Å². The van der Waals surface area contributed by atoms with E-state index in [1.807, 2.05) is 24.3 Å². The standard InChI is InChI=1S/C23H20BrN3O3S2/c1-2-3-6-13-26-17-8-5-4-7-16(17)18(21(26)29)19-22(30)27(23(31)32-19)25-20(28)14-9-11-15(24)12-10-14/h4-5,7-12H,2-3,6,13H2,1H3,(H,25,28)/b19-18-. The molecule has 2 heterocycles. The lowest BCUT2D eigenvalue weighted by molar-refractivity contribution is -0.124. The molecule has 1 N–H and O–H groups in total. The third-order valence-corrected chi connectivity index (χ3v) is 7.13. The van der Waals surface area contributed by atoms with Gasteiger partial charge < -0.3 is 4.90 Å². The fraction of sp³-hybridized carbons (Fsp3) is 0.217. The van der Waals surface area contributed by atoms with Crippen molar-refractivity contribution < 1.29 is 14.4 Å². The van der Waals surface area contributed by atoms with Gasteiger partial charge in [0.2, 0.25) is 0 Å². The molecule has 0 unspecified atom stereocenters. The van der Waals surface area contributed by atoms with E-state index in [0.29, 0.717) is 23.2 Å². The number of rotatable bonds is 6. The van der Waals surface area contributed by atoms with Crippen LogP contribution in [-0.2, 0) is 9.59 Å². The third kappa shape index (κ3) is 4.24. The van der Waals surface area contributed by atoms with Gasteiger partial charge in [0, 0.05) is 22.1 Å². The molecular formula is C23H20BrN3O3S2. The number of nitrogens with zero attached hydrogens (tertiary/aromatic N) is 2. The van der Waals surface area contributed by atoms with Crippen LogP contribution in [0.4, 0.5) is 5.69 Å². The van der Waals surface area contributed by atoms with Gasteiger partial charge in [-0.1, -0.05) is 65.7 Å². The second-order valence-electron chi connectivity index (χ2n) is 7.34. The molecule has 0 saturated carbocycles. The quantitative estimate of drug-likeness (QED) is 0.327. The second-order valence-corrected chi connectivity index (χ2v) is 9.90. The Kier molecular flexibility index (Phi) is 6.78. The summed E-state index contributed by atoms with van der Waals surface area (Å²) >= 11 is 9.72. The molecule has 0 atom stereocenters. The number of para-hydroxylation sites is 1. The van der Waals surface area contributed by atoms with Crippen LogP contribution in [0.15, 0.2) is 57.9 Å². The fourth-order valence-electron chi connectivity index (χ4n) is 3.62. The Balaban J connectivity index is 1.63. The van der Waals surface area contributed by atoms with Crippen LogP contribution in [0, 0.1) is 0 Å². The van der Waals surface area contributed by atoms with Gasteiger partial charge in [-0.25, -0.2) is 0 Å². The summed E-state index contributed by atoms with van der Waals surface area (Å²) in [5, 5.41) is 1.04. The lowest BCUT2D eigenvalue weighted by Crippen LogP contribution is -2.45. The number of benzene rings is 2. The lowest BCUT2D eigenvalue weighted by atomic mass is 10.1. The number of amides is 3. The smallest absolute Gasteiger partial charge is 0.286 e. The molecule has 0 aliphatic carbocycles. The van der Waals surface area contributed by atoms with Gasteiger partial charge in [-0.2, -0.15) is 5.01 Å². The molecule has 2 aliphatic rings. The van der Waals surface area contributed by atoms with Crippen LogP contribution in [0.1, 0.15) is 42.1 Å². The van der Waals surface area contributed by atoms with E-state index in [-0.39, 0.29) is 15.1 Å². The maximum Gasteiger partial charge on any atom is 0.286 e. The summed E-state index contributed by atoms with van der Waals surface area (Å²) in [5.41, 5.74) is 4.81. The van der Waals surface area contributed by atoms with Crippen molar-refractivity contribution in [2.75, 3.05) is 11.4 Å². The van der Waals surface area contributed by atoms with Gasteiger partial charge in [0.05, 0.1) is 16.2 Å². The van der Waals surface area contributed by atoms with Crippen LogP contribution in [0.25, 0.3) is 5.57 Å². The molecule has 0 spiro atoms. The second kappa shape index (κ2) is 9.56. The molecule has 1 saturated heterocycles. The van der Waals surface area contributed by atoms with E-state index in [0.717, 1.165) is 46.2 Å². The number of hydrogen-bond donors (Lipinski definition) is 1. The zero-order valence-corrected chi connectivity index (χ0v) is 20.5. The lowest BCUT2D eigenvalue weighted by Gasteiger charge is -2.17. The number of hydrazine groups is 1. The zero-order valence-electron chi connectivity index (χ0n) is 17.3. The Morgan fingerprint density at radius 3 is 2.50 bits per heavy atom. The number of thiocarbonyl (C=S) groups is 1. The van der Waals surface area contributed by atoms with Gasteiger partial charge in [0.1, 0.15) is 0 Å². The van der Waals surface area contributed by atoms with Gasteiger partial charge >= 0.3 is 0 Å². The molecule has 164 valence electrons. The SMILES string of the molecule is CCCCCN1C(=O)/C(=C2\SC(=S)N(NC(=O)c3ccc(Br)cc3)C2=O)c2ccccc21. The first-order valence-corrected chi connectivity index (χ1v) is 12.2. The highest BCUT2D eigenvalue weighted by Crippen LogP contribution is 2.44. The van der Waals surface area contributed by atoms with Crippen molar-refractivity contribution in [2.24, 2.45) is 0 Å². The number of unbranched alkanes of at least 4 members (excludes halogenated alkanes) is 2. The Hall–Kier alpha value is -2.49. The van der Waals surface area contributed by atoms with E-state index in [1.165, 1.54) is 0 Å². The molecule has 2 aliphatic heterocycles. The summed E-state index contributed by atoms with van der Waals surface area (Å²) in [6.07, 6.45) is 2.95.